The summed E-state index contributed by atoms with van der Waals surface area (Å²) >= 11 is 1.57. The number of nitrogens with zero attached hydrogens (tertiary/aromatic N) is 2. The standard InChI is InChI=1S/C17H22N2O2S/c1-13-5-6-16(22-13)17(20)19(12-15-4-3-11-21-15)14-7-9-18(2)10-8-14/h3-6,11,14H,7-10,12H2,1-2H3. The molecule has 1 fully saturated rings. The zero-order chi connectivity index (χ0) is 15.5. The lowest BCUT2D eigenvalue weighted by Gasteiger charge is -2.36. The molecular weight excluding hydrogens is 296 g/mol. The van der Waals surface area contributed by atoms with Crippen molar-refractivity contribution in [3.05, 3.63) is 46.0 Å². The summed E-state index contributed by atoms with van der Waals surface area (Å²) in [6.45, 7) is 4.66. The van der Waals surface area contributed by atoms with Gasteiger partial charge >= 0.3 is 0 Å². The number of hydrogen-bond acceptors (Lipinski definition) is 4. The Morgan fingerprint density at radius 2 is 2.14 bits per heavy atom. The zero-order valence-corrected chi connectivity index (χ0v) is 13.9. The van der Waals surface area contributed by atoms with Crippen LogP contribution in [-0.2, 0) is 6.54 Å². The molecule has 5 heteroatoms. The minimum absolute atomic E-state index is 0.129. The Labute approximate surface area is 135 Å². The number of thiophene rings is 1. The number of carbonyl (C=O) groups excluding carboxylic acids is 1. The molecule has 0 aliphatic carbocycles. The summed E-state index contributed by atoms with van der Waals surface area (Å²) in [5.74, 6) is 0.976. The maximum atomic E-state index is 12.9. The zero-order valence-electron chi connectivity index (χ0n) is 13.1. The smallest absolute Gasteiger partial charge is 0.264 e. The molecule has 2 aromatic heterocycles. The fourth-order valence-corrected chi connectivity index (χ4v) is 3.76. The van der Waals surface area contributed by atoms with Gasteiger partial charge < -0.3 is 14.2 Å². The number of likely N-dealkylation sites (tertiary alicyclic amines) is 1. The molecule has 118 valence electrons. The molecule has 1 aliphatic heterocycles. The van der Waals surface area contributed by atoms with E-state index in [1.165, 1.54) is 4.88 Å². The van der Waals surface area contributed by atoms with Gasteiger partial charge in [-0.25, -0.2) is 0 Å². The van der Waals surface area contributed by atoms with Crippen LogP contribution in [0.2, 0.25) is 0 Å². The third-order valence-electron chi connectivity index (χ3n) is 4.25. The van der Waals surface area contributed by atoms with E-state index in [0.29, 0.717) is 6.54 Å². The molecular formula is C17H22N2O2S. The number of amides is 1. The van der Waals surface area contributed by atoms with Crippen molar-refractivity contribution in [2.45, 2.75) is 32.4 Å². The molecule has 1 saturated heterocycles. The summed E-state index contributed by atoms with van der Waals surface area (Å²) in [4.78, 5) is 19.3. The van der Waals surface area contributed by atoms with Crippen LogP contribution in [0, 0.1) is 6.92 Å². The van der Waals surface area contributed by atoms with Crippen molar-refractivity contribution in [3.63, 3.8) is 0 Å². The monoisotopic (exact) mass is 318 g/mol. The van der Waals surface area contributed by atoms with Crippen molar-refractivity contribution in [2.75, 3.05) is 20.1 Å². The van der Waals surface area contributed by atoms with Gasteiger partial charge in [0.1, 0.15) is 5.76 Å². The second-order valence-corrected chi connectivity index (χ2v) is 7.25. The average Bonchev–Trinajstić information content (AvgIpc) is 3.17. The van der Waals surface area contributed by atoms with Crippen LogP contribution in [0.25, 0.3) is 0 Å². The van der Waals surface area contributed by atoms with Gasteiger partial charge in [0.25, 0.3) is 5.91 Å². The second kappa shape index (κ2) is 6.67. The summed E-state index contributed by atoms with van der Waals surface area (Å²) in [6, 6.07) is 8.05. The minimum atomic E-state index is 0.129. The first-order valence-electron chi connectivity index (χ1n) is 7.72. The van der Waals surface area contributed by atoms with E-state index >= 15 is 0 Å². The molecule has 2 aromatic rings. The average molecular weight is 318 g/mol. The third kappa shape index (κ3) is 3.42. The first-order chi connectivity index (χ1) is 10.6. The Bertz CT molecular complexity index is 612. The van der Waals surface area contributed by atoms with Crippen molar-refractivity contribution < 1.29 is 9.21 Å². The summed E-state index contributed by atoms with van der Waals surface area (Å²) in [5, 5.41) is 0. The lowest BCUT2D eigenvalue weighted by atomic mass is 10.0. The summed E-state index contributed by atoms with van der Waals surface area (Å²) in [6.07, 6.45) is 3.71. The van der Waals surface area contributed by atoms with Crippen molar-refractivity contribution >= 4 is 17.2 Å². The Morgan fingerprint density at radius 1 is 1.36 bits per heavy atom. The van der Waals surface area contributed by atoms with Crippen molar-refractivity contribution in [1.29, 1.82) is 0 Å². The normalized spacial score (nSPS) is 16.8. The summed E-state index contributed by atoms with van der Waals surface area (Å²) in [5.41, 5.74) is 0. The molecule has 0 N–H and O–H groups in total. The molecule has 0 radical (unpaired) electrons. The Morgan fingerprint density at radius 3 is 2.73 bits per heavy atom. The molecule has 1 aliphatic rings. The van der Waals surface area contributed by atoms with Crippen LogP contribution in [-0.4, -0.2) is 41.9 Å². The molecule has 4 nitrogen and oxygen atoms in total. The maximum Gasteiger partial charge on any atom is 0.264 e. The number of furan rings is 1. The van der Waals surface area contributed by atoms with Gasteiger partial charge in [-0.05, 0) is 64.2 Å². The van der Waals surface area contributed by atoms with Crippen LogP contribution in [0.3, 0.4) is 0 Å². The van der Waals surface area contributed by atoms with Crippen molar-refractivity contribution in [3.8, 4) is 0 Å². The van der Waals surface area contributed by atoms with Gasteiger partial charge in [-0.3, -0.25) is 4.79 Å². The molecule has 0 atom stereocenters. The van der Waals surface area contributed by atoms with E-state index in [1.54, 1.807) is 17.6 Å². The summed E-state index contributed by atoms with van der Waals surface area (Å²) < 4.78 is 5.47. The van der Waals surface area contributed by atoms with E-state index in [-0.39, 0.29) is 11.9 Å². The van der Waals surface area contributed by atoms with Gasteiger partial charge in [0.2, 0.25) is 0 Å². The fourth-order valence-electron chi connectivity index (χ4n) is 2.93. The maximum absolute atomic E-state index is 12.9. The van der Waals surface area contributed by atoms with Crippen molar-refractivity contribution in [2.24, 2.45) is 0 Å². The Kier molecular flexibility index (Phi) is 4.64. The topological polar surface area (TPSA) is 36.7 Å². The second-order valence-electron chi connectivity index (χ2n) is 5.96. The Hall–Kier alpha value is -1.59. The highest BCUT2D eigenvalue weighted by molar-refractivity contribution is 7.13. The summed E-state index contributed by atoms with van der Waals surface area (Å²) in [7, 11) is 2.14. The largest absolute Gasteiger partial charge is 0.467 e. The lowest BCUT2D eigenvalue weighted by Crippen LogP contribution is -2.46. The van der Waals surface area contributed by atoms with E-state index in [4.69, 9.17) is 4.42 Å². The SMILES string of the molecule is Cc1ccc(C(=O)N(Cc2ccco2)C2CCN(C)CC2)s1. The number of hydrogen-bond donors (Lipinski definition) is 0. The van der Waals surface area contributed by atoms with Gasteiger partial charge in [-0.1, -0.05) is 0 Å². The molecule has 0 spiro atoms. The fraction of sp³-hybridized carbons (Fsp3) is 0.471. The van der Waals surface area contributed by atoms with Crippen LogP contribution >= 0.6 is 11.3 Å². The van der Waals surface area contributed by atoms with E-state index in [2.05, 4.69) is 11.9 Å². The van der Waals surface area contributed by atoms with E-state index in [1.807, 2.05) is 36.1 Å². The van der Waals surface area contributed by atoms with Gasteiger partial charge in [-0.15, -0.1) is 11.3 Å². The van der Waals surface area contributed by atoms with Crippen LogP contribution < -0.4 is 0 Å². The van der Waals surface area contributed by atoms with Gasteiger partial charge in [-0.2, -0.15) is 0 Å². The molecule has 3 heterocycles. The quantitative estimate of drug-likeness (QED) is 0.867. The Balaban J connectivity index is 1.80. The number of rotatable bonds is 4. The van der Waals surface area contributed by atoms with Crippen LogP contribution in [0.15, 0.2) is 34.9 Å². The van der Waals surface area contributed by atoms with Gasteiger partial charge in [0.15, 0.2) is 0 Å². The van der Waals surface area contributed by atoms with Crippen LogP contribution in [0.1, 0.15) is 33.2 Å². The highest BCUT2D eigenvalue weighted by Crippen LogP contribution is 2.24. The number of carbonyl (C=O) groups is 1. The molecule has 1 amide bonds. The van der Waals surface area contributed by atoms with E-state index < -0.39 is 0 Å². The van der Waals surface area contributed by atoms with Crippen molar-refractivity contribution in [1.82, 2.24) is 9.80 Å². The van der Waals surface area contributed by atoms with E-state index in [9.17, 15) is 4.79 Å². The third-order valence-corrected chi connectivity index (χ3v) is 5.24. The molecule has 0 saturated carbocycles. The predicted molar refractivity (Wildman–Crippen MR) is 88.2 cm³/mol. The number of aryl methyl sites for hydroxylation is 1. The molecule has 0 bridgehead atoms. The predicted octanol–water partition coefficient (Wildman–Crippen LogP) is 3.39. The van der Waals surface area contributed by atoms with Gasteiger partial charge in [0, 0.05) is 10.9 Å². The number of piperidine rings is 1. The lowest BCUT2D eigenvalue weighted by molar-refractivity contribution is 0.0555. The minimum Gasteiger partial charge on any atom is -0.467 e. The van der Waals surface area contributed by atoms with Crippen LogP contribution in [0.4, 0.5) is 0 Å². The molecule has 22 heavy (non-hydrogen) atoms. The highest BCUT2D eigenvalue weighted by Gasteiger charge is 2.29. The van der Waals surface area contributed by atoms with Crippen LogP contribution in [0.5, 0.6) is 0 Å². The molecule has 0 aromatic carbocycles. The first kappa shape index (κ1) is 15.3. The molecule has 3 rings (SSSR count). The molecule has 0 unspecified atom stereocenters. The highest BCUT2D eigenvalue weighted by atomic mass is 32.1. The van der Waals surface area contributed by atoms with Gasteiger partial charge in [0.05, 0.1) is 17.7 Å². The van der Waals surface area contributed by atoms with E-state index in [0.717, 1.165) is 36.6 Å². The first-order valence-corrected chi connectivity index (χ1v) is 8.53.